The number of Topliss-reactive ketones (excluding diaryl/α,β-unsaturated/α-hetero) is 2. The summed E-state index contributed by atoms with van der Waals surface area (Å²) in [5, 5.41) is 65.1. The van der Waals surface area contributed by atoms with Gasteiger partial charge in [-0.05, 0) is 207 Å². The number of phenolic OH excluding ortho intramolecular Hbond substituents is 3. The van der Waals surface area contributed by atoms with Crippen molar-refractivity contribution in [2.24, 2.45) is 0 Å². The lowest BCUT2D eigenvalue weighted by Crippen LogP contribution is -2.21. The van der Waals surface area contributed by atoms with Gasteiger partial charge in [0, 0.05) is 33.9 Å². The summed E-state index contributed by atoms with van der Waals surface area (Å²) in [4.78, 5) is 24.0. The number of carbonyl (C=O) groups excluding carboxylic acids is 2. The quantitative estimate of drug-likeness (QED) is 0.0742. The van der Waals surface area contributed by atoms with Crippen LogP contribution < -0.4 is 0 Å². The molecule has 3 atom stereocenters. The highest BCUT2D eigenvalue weighted by Gasteiger charge is 2.33. The molecule has 0 bridgehead atoms. The number of aliphatic hydroxyl groups is 4. The summed E-state index contributed by atoms with van der Waals surface area (Å²) in [7, 11) is 0. The molecule has 0 radical (unpaired) electrons. The Morgan fingerprint density at radius 2 is 0.835 bits per heavy atom. The van der Waals surface area contributed by atoms with Crippen LogP contribution in [0.15, 0.2) is 271 Å². The Morgan fingerprint density at radius 1 is 0.381 bits per heavy atom. The summed E-state index contributed by atoms with van der Waals surface area (Å²) in [5.41, 5.74) is 22.4. The van der Waals surface area contributed by atoms with Crippen molar-refractivity contribution in [3.63, 3.8) is 0 Å². The molecule has 0 heterocycles. The second kappa shape index (κ2) is 34.8. The van der Waals surface area contributed by atoms with Crippen LogP contribution >= 0.6 is 15.9 Å². The fourth-order valence-corrected chi connectivity index (χ4v) is 13.6. The molecule has 0 saturated carbocycles. The lowest BCUT2D eigenvalue weighted by molar-refractivity contribution is 0.0943. The van der Waals surface area contributed by atoms with Crippen molar-refractivity contribution in [2.75, 3.05) is 0 Å². The van der Waals surface area contributed by atoms with Crippen molar-refractivity contribution in [3.8, 4) is 17.2 Å². The van der Waals surface area contributed by atoms with E-state index in [0.29, 0.717) is 23.8 Å². The normalized spacial score (nSPS) is 15.5. The maximum atomic E-state index is 12.6. The van der Waals surface area contributed by atoms with Crippen molar-refractivity contribution in [2.45, 2.75) is 109 Å². The van der Waals surface area contributed by atoms with Crippen LogP contribution in [0.4, 0.5) is 0 Å². The Labute approximate surface area is 578 Å². The third-order valence-electron chi connectivity index (χ3n) is 18.3. The van der Waals surface area contributed by atoms with E-state index in [1.165, 1.54) is 55.7 Å². The molecular weight excluding hydrogens is 1270 g/mol. The SMILES string of the molecule is Brc1ccccc1.Cc1ccc(O)cc1.O=C1CCCc2cc(CO)ccc21.O=C1c2ccc(CO)cc2CCC1c1ccccc1.OCc1ccc2c(c1)CCC(c1ccccc1)=C2c1ccc(O)cc1.OCc1ccc2c(c1)CC[C@H](c1ccccc1)[C@@H]2c1ccc(O)cc1. The smallest absolute Gasteiger partial charge is 0.170 e. The molecule has 11 aromatic rings. The summed E-state index contributed by atoms with van der Waals surface area (Å²) in [5.74, 6) is 2.01. The maximum absolute atomic E-state index is 12.6. The number of aliphatic hydroxyl groups excluding tert-OH is 4. The molecule has 492 valence electrons. The summed E-state index contributed by atoms with van der Waals surface area (Å²) in [6, 6.07) is 87.1. The first-order chi connectivity index (χ1) is 47.3. The number of phenols is 3. The van der Waals surface area contributed by atoms with Gasteiger partial charge in [-0.1, -0.05) is 240 Å². The number of halogens is 1. The minimum absolute atomic E-state index is 0.0197. The number of rotatable bonds is 9. The van der Waals surface area contributed by atoms with Crippen molar-refractivity contribution in [1.82, 2.24) is 0 Å². The Bertz CT molecular complexity index is 4360. The molecule has 0 fully saturated rings. The molecule has 0 spiro atoms. The molecule has 15 rings (SSSR count). The van der Waals surface area contributed by atoms with Gasteiger partial charge < -0.3 is 35.7 Å². The van der Waals surface area contributed by atoms with E-state index < -0.39 is 0 Å². The van der Waals surface area contributed by atoms with Gasteiger partial charge in [0.25, 0.3) is 0 Å². The molecule has 0 saturated heterocycles. The van der Waals surface area contributed by atoms with Gasteiger partial charge in [-0.25, -0.2) is 0 Å². The van der Waals surface area contributed by atoms with Gasteiger partial charge >= 0.3 is 0 Å². The molecule has 7 N–H and O–H groups in total. The number of aryl methyl sites for hydroxylation is 5. The maximum Gasteiger partial charge on any atom is 0.170 e. The molecule has 4 aliphatic carbocycles. The van der Waals surface area contributed by atoms with Crippen LogP contribution in [0.25, 0.3) is 11.1 Å². The molecule has 11 aromatic carbocycles. The average Bonchev–Trinajstić information content (AvgIpc) is 0.784. The van der Waals surface area contributed by atoms with Crippen LogP contribution in [0.5, 0.6) is 17.2 Å². The van der Waals surface area contributed by atoms with E-state index in [0.717, 1.165) is 111 Å². The topological polar surface area (TPSA) is 176 Å². The highest BCUT2D eigenvalue weighted by molar-refractivity contribution is 9.10. The fraction of sp³-hybridized carbons (Fsp3) is 0.195. The lowest BCUT2D eigenvalue weighted by Gasteiger charge is -2.35. The molecule has 97 heavy (non-hydrogen) atoms. The molecular formula is C87H83BrO9. The molecule has 0 aliphatic heterocycles. The van der Waals surface area contributed by atoms with E-state index in [1.54, 1.807) is 36.4 Å². The number of fused-ring (bicyclic) bond motifs is 4. The first-order valence-electron chi connectivity index (χ1n) is 33.2. The third kappa shape index (κ3) is 18.6. The minimum atomic E-state index is -0.0197. The predicted molar refractivity (Wildman–Crippen MR) is 392 cm³/mol. The summed E-state index contributed by atoms with van der Waals surface area (Å²) >= 11 is 3.31. The molecule has 0 amide bonds. The van der Waals surface area contributed by atoms with E-state index in [1.807, 2.05) is 159 Å². The standard InChI is InChI=1S/C23H22O2.C23H20O2.C17H16O2.C11H12O2.C7H8O.C6H5Br/c2*24-15-16-6-12-22-19(14-16)9-13-21(17-4-2-1-3-5-17)23(22)18-7-10-20(25)11-8-18;18-11-12-6-8-16-14(10-12)7-9-15(17(16)19)13-4-2-1-3-5-13;12-7-8-4-5-10-9(6-8)2-1-3-11(10)13;1-6-2-4-7(8)5-3-6;7-6-4-2-1-3-5-6/h1-8,10-12,14,21,23-25H,9,13,15H2;1-8,10-12,14,24-25H,9,13,15H2;1-6,8,10,15,18H,7,9,11H2;4-6,12H,1-3,7H2;2-5,8H,1H3;1-5H/t21-,23+;;;;;/m1...../s1. The van der Waals surface area contributed by atoms with Gasteiger partial charge in [-0.15, -0.1) is 0 Å². The van der Waals surface area contributed by atoms with Crippen LogP contribution in [0.3, 0.4) is 0 Å². The number of aromatic hydroxyl groups is 3. The van der Waals surface area contributed by atoms with Gasteiger partial charge in [-0.2, -0.15) is 0 Å². The van der Waals surface area contributed by atoms with E-state index in [4.69, 9.17) is 15.3 Å². The van der Waals surface area contributed by atoms with Gasteiger partial charge in [0.15, 0.2) is 11.6 Å². The summed E-state index contributed by atoms with van der Waals surface area (Å²) < 4.78 is 1.13. The zero-order valence-corrected chi connectivity index (χ0v) is 56.2. The fourth-order valence-electron chi connectivity index (χ4n) is 13.3. The highest BCUT2D eigenvalue weighted by atomic mass is 79.9. The monoisotopic (exact) mass is 1350 g/mol. The Morgan fingerprint density at radius 3 is 1.37 bits per heavy atom. The number of allylic oxidation sites excluding steroid dienone is 1. The van der Waals surface area contributed by atoms with Crippen molar-refractivity contribution < 1.29 is 45.3 Å². The molecule has 10 heteroatoms. The highest BCUT2D eigenvalue weighted by Crippen LogP contribution is 2.47. The van der Waals surface area contributed by atoms with Gasteiger partial charge in [-0.3, -0.25) is 9.59 Å². The van der Waals surface area contributed by atoms with Crippen molar-refractivity contribution in [3.05, 3.63) is 372 Å². The second-order valence-electron chi connectivity index (χ2n) is 24.8. The van der Waals surface area contributed by atoms with E-state index in [-0.39, 0.29) is 55.6 Å². The largest absolute Gasteiger partial charge is 0.508 e. The van der Waals surface area contributed by atoms with Crippen LogP contribution in [0.2, 0.25) is 0 Å². The minimum Gasteiger partial charge on any atom is -0.508 e. The number of benzene rings is 11. The molecule has 9 nitrogen and oxygen atoms in total. The number of carbonyl (C=O) groups is 2. The molecule has 4 aliphatic rings. The van der Waals surface area contributed by atoms with Gasteiger partial charge in [0.2, 0.25) is 0 Å². The predicted octanol–water partition coefficient (Wildman–Crippen LogP) is 18.5. The van der Waals surface area contributed by atoms with E-state index in [9.17, 15) is 30.0 Å². The lowest BCUT2D eigenvalue weighted by atomic mass is 9.69. The van der Waals surface area contributed by atoms with Crippen molar-refractivity contribution >= 4 is 38.6 Å². The van der Waals surface area contributed by atoms with Gasteiger partial charge in [0.1, 0.15) is 17.2 Å². The van der Waals surface area contributed by atoms with Crippen LogP contribution in [-0.2, 0) is 52.1 Å². The number of ketones is 2. The zero-order chi connectivity index (χ0) is 68.0. The van der Waals surface area contributed by atoms with Gasteiger partial charge in [0.05, 0.1) is 26.4 Å². The first kappa shape index (κ1) is 70.0. The van der Waals surface area contributed by atoms with Crippen LogP contribution in [0, 0.1) is 6.92 Å². The first-order valence-corrected chi connectivity index (χ1v) is 34.0. The second-order valence-corrected chi connectivity index (χ2v) is 25.7. The number of hydrogen-bond donors (Lipinski definition) is 7. The van der Waals surface area contributed by atoms with Crippen LogP contribution in [0.1, 0.15) is 160 Å². The van der Waals surface area contributed by atoms with E-state index in [2.05, 4.69) is 94.8 Å². The van der Waals surface area contributed by atoms with Crippen LogP contribution in [-0.4, -0.2) is 47.3 Å². The Hall–Kier alpha value is -9.78. The zero-order valence-electron chi connectivity index (χ0n) is 54.7. The van der Waals surface area contributed by atoms with E-state index >= 15 is 0 Å². The Balaban J connectivity index is 0.000000133. The Kier molecular flexibility index (Phi) is 25.1. The molecule has 0 aromatic heterocycles. The summed E-state index contributed by atoms with van der Waals surface area (Å²) in [6.45, 7) is 2.22. The third-order valence-corrected chi connectivity index (χ3v) is 18.8. The van der Waals surface area contributed by atoms with Crippen molar-refractivity contribution in [1.29, 1.82) is 0 Å². The average molecular weight is 1350 g/mol. The number of hydrogen-bond acceptors (Lipinski definition) is 9. The molecule has 1 unspecified atom stereocenters. The summed E-state index contributed by atoms with van der Waals surface area (Å²) in [6.07, 6.45) is 8.37.